The van der Waals surface area contributed by atoms with Crippen molar-refractivity contribution in [1.82, 2.24) is 0 Å². The quantitative estimate of drug-likeness (QED) is 0.736. The first-order valence-corrected chi connectivity index (χ1v) is 7.66. The Morgan fingerprint density at radius 1 is 0.958 bits per heavy atom. The molecule has 0 saturated carbocycles. The number of benzene rings is 3. The van der Waals surface area contributed by atoms with Crippen LogP contribution in [0.2, 0.25) is 0 Å². The standard InChI is InChI=1S/C20H15NO3/c22-20(11-9-14-8-10-18-19(12-14)24-13-23-18)21-17-7-3-5-15-4-1-2-6-16(15)17/h1-12H,13H2,(H,21,22). The Labute approximate surface area is 139 Å². The lowest BCUT2D eigenvalue weighted by molar-refractivity contribution is -0.111. The van der Waals surface area contributed by atoms with Gasteiger partial charge < -0.3 is 14.8 Å². The second-order valence-corrected chi connectivity index (χ2v) is 5.46. The Balaban J connectivity index is 1.52. The van der Waals surface area contributed by atoms with Crippen LogP contribution >= 0.6 is 0 Å². The third kappa shape index (κ3) is 2.82. The molecule has 1 heterocycles. The van der Waals surface area contributed by atoms with Crippen LogP contribution < -0.4 is 14.8 Å². The monoisotopic (exact) mass is 317 g/mol. The van der Waals surface area contributed by atoms with Crippen LogP contribution in [0.4, 0.5) is 5.69 Å². The number of anilines is 1. The molecule has 0 fully saturated rings. The highest BCUT2D eigenvalue weighted by Gasteiger charge is 2.12. The second kappa shape index (κ2) is 6.08. The summed E-state index contributed by atoms with van der Waals surface area (Å²) in [5.74, 6) is 1.25. The fourth-order valence-electron chi connectivity index (χ4n) is 2.70. The number of hydrogen-bond acceptors (Lipinski definition) is 3. The average molecular weight is 317 g/mol. The molecule has 3 aromatic carbocycles. The zero-order valence-corrected chi connectivity index (χ0v) is 12.9. The summed E-state index contributed by atoms with van der Waals surface area (Å²) in [5.41, 5.74) is 1.68. The van der Waals surface area contributed by atoms with Crippen molar-refractivity contribution in [3.8, 4) is 11.5 Å². The molecule has 0 spiro atoms. The largest absolute Gasteiger partial charge is 0.454 e. The number of nitrogens with one attached hydrogen (secondary N) is 1. The van der Waals surface area contributed by atoms with Gasteiger partial charge in [0.1, 0.15) is 0 Å². The van der Waals surface area contributed by atoms with Crippen LogP contribution in [0.1, 0.15) is 5.56 Å². The fourth-order valence-corrected chi connectivity index (χ4v) is 2.70. The molecule has 118 valence electrons. The molecule has 4 heteroatoms. The van der Waals surface area contributed by atoms with Crippen LogP contribution in [0.25, 0.3) is 16.8 Å². The van der Waals surface area contributed by atoms with E-state index in [9.17, 15) is 4.79 Å². The maximum Gasteiger partial charge on any atom is 0.248 e. The van der Waals surface area contributed by atoms with Crippen molar-refractivity contribution < 1.29 is 14.3 Å². The Hall–Kier alpha value is -3.27. The third-order valence-electron chi connectivity index (χ3n) is 3.87. The lowest BCUT2D eigenvalue weighted by atomic mass is 10.1. The summed E-state index contributed by atoms with van der Waals surface area (Å²) in [7, 11) is 0. The van der Waals surface area contributed by atoms with E-state index >= 15 is 0 Å². The van der Waals surface area contributed by atoms with Crippen molar-refractivity contribution in [2.45, 2.75) is 0 Å². The van der Waals surface area contributed by atoms with Gasteiger partial charge in [-0.2, -0.15) is 0 Å². The number of ether oxygens (including phenoxy) is 2. The number of rotatable bonds is 3. The van der Waals surface area contributed by atoms with Gasteiger partial charge >= 0.3 is 0 Å². The van der Waals surface area contributed by atoms with Crippen molar-refractivity contribution in [2.24, 2.45) is 0 Å². The number of amides is 1. The Bertz CT molecular complexity index is 941. The first-order valence-electron chi connectivity index (χ1n) is 7.66. The van der Waals surface area contributed by atoms with Crippen LogP contribution in [-0.4, -0.2) is 12.7 Å². The lowest BCUT2D eigenvalue weighted by Crippen LogP contribution is -2.07. The van der Waals surface area contributed by atoms with E-state index < -0.39 is 0 Å². The predicted molar refractivity (Wildman–Crippen MR) is 94.2 cm³/mol. The van der Waals surface area contributed by atoms with Crippen LogP contribution in [0.3, 0.4) is 0 Å². The minimum Gasteiger partial charge on any atom is -0.454 e. The van der Waals surface area contributed by atoms with Gasteiger partial charge in [-0.1, -0.05) is 42.5 Å². The van der Waals surface area contributed by atoms with Crippen molar-refractivity contribution in [3.05, 3.63) is 72.3 Å². The number of carbonyl (C=O) groups excluding carboxylic acids is 1. The van der Waals surface area contributed by atoms with Crippen LogP contribution in [0.5, 0.6) is 11.5 Å². The third-order valence-corrected chi connectivity index (χ3v) is 3.87. The van der Waals surface area contributed by atoms with Crippen molar-refractivity contribution in [1.29, 1.82) is 0 Å². The molecule has 0 unspecified atom stereocenters. The maximum atomic E-state index is 12.2. The molecule has 0 aromatic heterocycles. The van der Waals surface area contributed by atoms with E-state index in [1.165, 1.54) is 6.08 Å². The van der Waals surface area contributed by atoms with E-state index in [1.54, 1.807) is 6.08 Å². The van der Waals surface area contributed by atoms with Crippen molar-refractivity contribution in [3.63, 3.8) is 0 Å². The van der Waals surface area contributed by atoms with E-state index in [0.29, 0.717) is 5.75 Å². The highest BCUT2D eigenvalue weighted by molar-refractivity contribution is 6.07. The molecule has 0 saturated heterocycles. The van der Waals surface area contributed by atoms with Crippen LogP contribution in [0, 0.1) is 0 Å². The van der Waals surface area contributed by atoms with E-state index in [-0.39, 0.29) is 12.7 Å². The highest BCUT2D eigenvalue weighted by Crippen LogP contribution is 2.32. The van der Waals surface area contributed by atoms with Crippen molar-refractivity contribution in [2.75, 3.05) is 12.1 Å². The number of fused-ring (bicyclic) bond motifs is 2. The normalized spacial score (nSPS) is 12.7. The van der Waals surface area contributed by atoms with Gasteiger partial charge in [0, 0.05) is 17.1 Å². The second-order valence-electron chi connectivity index (χ2n) is 5.46. The average Bonchev–Trinajstić information content (AvgIpc) is 3.08. The Kier molecular flexibility index (Phi) is 3.63. The lowest BCUT2D eigenvalue weighted by Gasteiger charge is -2.06. The molecule has 3 aromatic rings. The summed E-state index contributed by atoms with van der Waals surface area (Å²) in [6, 6.07) is 19.4. The van der Waals surface area contributed by atoms with Gasteiger partial charge in [0.05, 0.1) is 0 Å². The molecule has 0 atom stereocenters. The summed E-state index contributed by atoms with van der Waals surface area (Å²) >= 11 is 0. The summed E-state index contributed by atoms with van der Waals surface area (Å²) in [6.45, 7) is 0.240. The highest BCUT2D eigenvalue weighted by atomic mass is 16.7. The van der Waals surface area contributed by atoms with Gasteiger partial charge in [0.15, 0.2) is 11.5 Å². The summed E-state index contributed by atoms with van der Waals surface area (Å²) in [4.78, 5) is 12.2. The smallest absolute Gasteiger partial charge is 0.248 e. The molecule has 1 aliphatic heterocycles. The van der Waals surface area contributed by atoms with Crippen molar-refractivity contribution >= 4 is 28.4 Å². The summed E-state index contributed by atoms with van der Waals surface area (Å²) in [5, 5.41) is 5.04. The van der Waals surface area contributed by atoms with Crippen LogP contribution in [0.15, 0.2) is 66.7 Å². The van der Waals surface area contributed by atoms with Gasteiger partial charge in [-0.05, 0) is 35.2 Å². The molecule has 0 bridgehead atoms. The first-order chi connectivity index (χ1) is 11.8. The molecule has 1 amide bonds. The number of hydrogen-bond donors (Lipinski definition) is 1. The van der Waals surface area contributed by atoms with Gasteiger partial charge in [0.2, 0.25) is 12.7 Å². The van der Waals surface area contributed by atoms with Gasteiger partial charge in [-0.3, -0.25) is 4.79 Å². The van der Waals surface area contributed by atoms with Gasteiger partial charge in [-0.15, -0.1) is 0 Å². The van der Waals surface area contributed by atoms with E-state index in [2.05, 4.69) is 5.32 Å². The Morgan fingerprint density at radius 3 is 2.75 bits per heavy atom. The molecule has 4 rings (SSSR count). The molecular weight excluding hydrogens is 302 g/mol. The zero-order chi connectivity index (χ0) is 16.4. The van der Waals surface area contributed by atoms with Gasteiger partial charge in [0.25, 0.3) is 0 Å². The maximum absolute atomic E-state index is 12.2. The molecule has 0 radical (unpaired) electrons. The summed E-state index contributed by atoms with van der Waals surface area (Å²) < 4.78 is 10.6. The molecule has 0 aliphatic carbocycles. The zero-order valence-electron chi connectivity index (χ0n) is 12.9. The van der Waals surface area contributed by atoms with E-state index in [4.69, 9.17) is 9.47 Å². The van der Waals surface area contributed by atoms with Crippen LogP contribution in [-0.2, 0) is 4.79 Å². The first kappa shape index (κ1) is 14.3. The molecule has 1 aliphatic rings. The molecule has 1 N–H and O–H groups in total. The molecular formula is C20H15NO3. The SMILES string of the molecule is O=C(C=Cc1ccc2c(c1)OCO2)Nc1cccc2ccccc12. The van der Waals surface area contributed by atoms with E-state index in [0.717, 1.165) is 27.8 Å². The van der Waals surface area contributed by atoms with E-state index in [1.807, 2.05) is 60.7 Å². The fraction of sp³-hybridized carbons (Fsp3) is 0.0500. The predicted octanol–water partition coefficient (Wildman–Crippen LogP) is 4.22. The minimum absolute atomic E-state index is 0.177. The Morgan fingerprint density at radius 2 is 1.79 bits per heavy atom. The topological polar surface area (TPSA) is 47.6 Å². The summed E-state index contributed by atoms with van der Waals surface area (Å²) in [6.07, 6.45) is 3.27. The minimum atomic E-state index is -0.177. The molecule has 24 heavy (non-hydrogen) atoms. The number of carbonyl (C=O) groups is 1. The van der Waals surface area contributed by atoms with Gasteiger partial charge in [-0.25, -0.2) is 0 Å². The molecule has 4 nitrogen and oxygen atoms in total.